The second kappa shape index (κ2) is 9.65. The lowest BCUT2D eigenvalue weighted by Crippen LogP contribution is -2.56. The van der Waals surface area contributed by atoms with Crippen LogP contribution in [0.15, 0.2) is 42.5 Å². The Hall–Kier alpha value is -3.35. The summed E-state index contributed by atoms with van der Waals surface area (Å²) in [5.41, 5.74) is 3.88. The van der Waals surface area contributed by atoms with Crippen molar-refractivity contribution >= 4 is 34.8 Å². The summed E-state index contributed by atoms with van der Waals surface area (Å²) in [4.78, 5) is 44.8. The van der Waals surface area contributed by atoms with Gasteiger partial charge in [0.1, 0.15) is 12.6 Å². The minimum atomic E-state index is -0.261. The van der Waals surface area contributed by atoms with Crippen molar-refractivity contribution < 1.29 is 14.4 Å². The highest BCUT2D eigenvalue weighted by Crippen LogP contribution is 2.40. The molecule has 0 aliphatic carbocycles. The molecule has 0 radical (unpaired) electrons. The zero-order valence-electron chi connectivity index (χ0n) is 19.6. The third-order valence-corrected chi connectivity index (χ3v) is 6.56. The van der Waals surface area contributed by atoms with Gasteiger partial charge in [-0.15, -0.1) is 0 Å². The van der Waals surface area contributed by atoms with Gasteiger partial charge in [0, 0.05) is 30.9 Å². The van der Waals surface area contributed by atoms with Gasteiger partial charge in [0.25, 0.3) is 5.91 Å². The third kappa shape index (κ3) is 4.58. The lowest BCUT2D eigenvalue weighted by molar-refractivity contribution is -0.123. The van der Waals surface area contributed by atoms with Crippen molar-refractivity contribution in [2.45, 2.75) is 46.1 Å². The number of nitrogens with one attached hydrogen (secondary N) is 1. The monoisotopic (exact) mass is 448 g/mol. The standard InChI is InChI=1S/C26H32N4O3/c1-4-28(5-2)25(32)19-11-14-21-23(16-19)30(26(33)22-8-6-7-15-29(21)22)17-24(31)27-20-12-9-18(3)10-13-20/h9-14,16,22H,4-8,15,17H2,1-3H3,(H,27,31)/t22-/m0/s1. The van der Waals surface area contributed by atoms with E-state index in [0.29, 0.717) is 30.0 Å². The first-order chi connectivity index (χ1) is 15.9. The Bertz CT molecular complexity index is 1050. The number of fused-ring (bicyclic) bond motifs is 3. The normalized spacial score (nSPS) is 17.3. The summed E-state index contributed by atoms with van der Waals surface area (Å²) in [7, 11) is 0. The van der Waals surface area contributed by atoms with Crippen LogP contribution < -0.4 is 15.1 Å². The van der Waals surface area contributed by atoms with Crippen LogP contribution in [0.25, 0.3) is 0 Å². The number of piperidine rings is 1. The molecule has 2 aromatic carbocycles. The van der Waals surface area contributed by atoms with Crippen molar-refractivity contribution in [2.24, 2.45) is 0 Å². The van der Waals surface area contributed by atoms with Gasteiger partial charge >= 0.3 is 0 Å². The van der Waals surface area contributed by atoms with Crippen molar-refractivity contribution in [1.82, 2.24) is 4.90 Å². The second-order valence-corrected chi connectivity index (χ2v) is 8.72. The number of benzene rings is 2. The molecular formula is C26H32N4O3. The number of rotatable bonds is 6. The van der Waals surface area contributed by atoms with Gasteiger partial charge in [0.05, 0.1) is 11.4 Å². The Kier molecular flexibility index (Phi) is 6.67. The van der Waals surface area contributed by atoms with Crippen LogP contribution in [0.4, 0.5) is 17.1 Å². The number of carbonyl (C=O) groups is 3. The fourth-order valence-electron chi connectivity index (χ4n) is 4.73. The maximum atomic E-state index is 13.5. The van der Waals surface area contributed by atoms with Crippen molar-refractivity contribution in [2.75, 3.05) is 41.3 Å². The molecule has 2 aromatic rings. The van der Waals surface area contributed by atoms with Gasteiger partial charge in [-0.05, 0) is 70.4 Å². The summed E-state index contributed by atoms with van der Waals surface area (Å²) in [6, 6.07) is 12.9. The number of hydrogen-bond acceptors (Lipinski definition) is 4. The lowest BCUT2D eigenvalue weighted by atomic mass is 9.95. The number of aryl methyl sites for hydroxylation is 1. The van der Waals surface area contributed by atoms with Crippen LogP contribution in [0.1, 0.15) is 49.0 Å². The molecule has 0 unspecified atom stereocenters. The molecule has 2 aliphatic heterocycles. The van der Waals surface area contributed by atoms with Crippen LogP contribution in [-0.4, -0.2) is 54.8 Å². The molecule has 33 heavy (non-hydrogen) atoms. The number of amides is 3. The first-order valence-corrected chi connectivity index (χ1v) is 11.8. The van der Waals surface area contributed by atoms with Gasteiger partial charge in [-0.1, -0.05) is 17.7 Å². The molecular weight excluding hydrogens is 416 g/mol. The summed E-state index contributed by atoms with van der Waals surface area (Å²) in [5, 5.41) is 2.89. The SMILES string of the molecule is CCN(CC)C(=O)c1ccc2c(c1)N(CC(=O)Nc1ccc(C)cc1)C(=O)[C@@H]1CCCCN21. The van der Waals surface area contributed by atoms with E-state index in [4.69, 9.17) is 0 Å². The maximum absolute atomic E-state index is 13.5. The molecule has 2 aliphatic rings. The largest absolute Gasteiger partial charge is 0.358 e. The van der Waals surface area contributed by atoms with Crippen LogP contribution in [-0.2, 0) is 9.59 Å². The van der Waals surface area contributed by atoms with Crippen molar-refractivity contribution in [3.8, 4) is 0 Å². The lowest BCUT2D eigenvalue weighted by Gasteiger charge is -2.45. The van der Waals surface area contributed by atoms with E-state index >= 15 is 0 Å². The molecule has 0 saturated carbocycles. The number of anilines is 3. The van der Waals surface area contributed by atoms with Gasteiger partial charge < -0.3 is 15.1 Å². The van der Waals surface area contributed by atoms with E-state index < -0.39 is 0 Å². The highest BCUT2D eigenvalue weighted by molar-refractivity contribution is 6.11. The first-order valence-electron chi connectivity index (χ1n) is 11.8. The van der Waals surface area contributed by atoms with Crippen molar-refractivity contribution in [3.63, 3.8) is 0 Å². The predicted molar refractivity (Wildman–Crippen MR) is 131 cm³/mol. The summed E-state index contributed by atoms with van der Waals surface area (Å²) < 4.78 is 0. The highest BCUT2D eigenvalue weighted by atomic mass is 16.2. The average molecular weight is 449 g/mol. The summed E-state index contributed by atoms with van der Waals surface area (Å²) in [5.74, 6) is -0.406. The minimum Gasteiger partial charge on any atom is -0.358 e. The third-order valence-electron chi connectivity index (χ3n) is 6.56. The van der Waals surface area contributed by atoms with Gasteiger partial charge in [0.2, 0.25) is 11.8 Å². The fourth-order valence-corrected chi connectivity index (χ4v) is 4.73. The Morgan fingerprint density at radius 1 is 1.03 bits per heavy atom. The molecule has 3 amide bonds. The highest BCUT2D eigenvalue weighted by Gasteiger charge is 2.40. The molecule has 2 heterocycles. The van der Waals surface area contributed by atoms with E-state index in [-0.39, 0.29) is 30.3 Å². The smallest absolute Gasteiger partial charge is 0.253 e. The van der Waals surface area contributed by atoms with E-state index in [1.807, 2.05) is 57.2 Å². The molecule has 7 heteroatoms. The topological polar surface area (TPSA) is 73.0 Å². The van der Waals surface area contributed by atoms with Crippen LogP contribution >= 0.6 is 0 Å². The fraction of sp³-hybridized carbons (Fsp3) is 0.423. The number of carbonyl (C=O) groups excluding carboxylic acids is 3. The zero-order valence-corrected chi connectivity index (χ0v) is 19.6. The molecule has 1 N–H and O–H groups in total. The summed E-state index contributed by atoms with van der Waals surface area (Å²) in [6.45, 7) is 7.82. The Labute approximate surface area is 195 Å². The van der Waals surface area contributed by atoms with Crippen molar-refractivity contribution in [1.29, 1.82) is 0 Å². The van der Waals surface area contributed by atoms with Crippen LogP contribution in [0, 0.1) is 6.92 Å². The Morgan fingerprint density at radius 2 is 1.76 bits per heavy atom. The van der Waals surface area contributed by atoms with E-state index in [2.05, 4.69) is 10.2 Å². The Morgan fingerprint density at radius 3 is 2.45 bits per heavy atom. The zero-order chi connectivity index (χ0) is 23.5. The molecule has 7 nitrogen and oxygen atoms in total. The summed E-state index contributed by atoms with van der Waals surface area (Å²) >= 11 is 0. The van der Waals surface area contributed by atoms with Crippen LogP contribution in [0.2, 0.25) is 0 Å². The number of hydrogen-bond donors (Lipinski definition) is 1. The number of nitrogens with zero attached hydrogens (tertiary/aromatic N) is 3. The van der Waals surface area contributed by atoms with Gasteiger partial charge in [-0.25, -0.2) is 0 Å². The molecule has 0 aromatic heterocycles. The van der Waals surface area contributed by atoms with Gasteiger partial charge in [0.15, 0.2) is 0 Å². The quantitative estimate of drug-likeness (QED) is 0.729. The molecule has 4 rings (SSSR count). The van der Waals surface area contributed by atoms with Crippen molar-refractivity contribution in [3.05, 3.63) is 53.6 Å². The average Bonchev–Trinajstić information content (AvgIpc) is 2.83. The van der Waals surface area contributed by atoms with Crippen LogP contribution in [0.5, 0.6) is 0 Å². The molecule has 1 saturated heterocycles. The predicted octanol–water partition coefficient (Wildman–Crippen LogP) is 3.82. The Balaban J connectivity index is 1.66. The first kappa shape index (κ1) is 22.8. The molecule has 174 valence electrons. The maximum Gasteiger partial charge on any atom is 0.253 e. The molecule has 1 atom stereocenters. The van der Waals surface area contributed by atoms with E-state index in [0.717, 1.165) is 37.1 Å². The molecule has 0 spiro atoms. The van der Waals surface area contributed by atoms with Gasteiger partial charge in [-0.3, -0.25) is 19.3 Å². The van der Waals surface area contributed by atoms with E-state index in [9.17, 15) is 14.4 Å². The molecule has 0 bridgehead atoms. The van der Waals surface area contributed by atoms with Crippen LogP contribution in [0.3, 0.4) is 0 Å². The van der Waals surface area contributed by atoms with E-state index in [1.54, 1.807) is 15.9 Å². The second-order valence-electron chi connectivity index (χ2n) is 8.72. The molecule has 1 fully saturated rings. The van der Waals surface area contributed by atoms with Gasteiger partial charge in [-0.2, -0.15) is 0 Å². The van der Waals surface area contributed by atoms with E-state index in [1.165, 1.54) is 0 Å². The minimum absolute atomic E-state index is 0.0694. The summed E-state index contributed by atoms with van der Waals surface area (Å²) in [6.07, 6.45) is 2.79.